The Balaban J connectivity index is 1.98. The molecule has 2 rings (SSSR count). The van der Waals surface area contributed by atoms with Crippen LogP contribution in [-0.4, -0.2) is 49.8 Å². The highest BCUT2D eigenvalue weighted by Crippen LogP contribution is 2.15. The van der Waals surface area contributed by atoms with Crippen LogP contribution in [0.4, 0.5) is 0 Å². The van der Waals surface area contributed by atoms with E-state index in [0.29, 0.717) is 12.1 Å². The summed E-state index contributed by atoms with van der Waals surface area (Å²) >= 11 is 0. The molecule has 20 heavy (non-hydrogen) atoms. The highest BCUT2D eigenvalue weighted by Gasteiger charge is 2.28. The first kappa shape index (κ1) is 15.5. The van der Waals surface area contributed by atoms with E-state index in [2.05, 4.69) is 55.3 Å². The van der Waals surface area contributed by atoms with Crippen molar-refractivity contribution in [3.63, 3.8) is 0 Å². The van der Waals surface area contributed by atoms with Crippen molar-refractivity contribution in [2.24, 2.45) is 0 Å². The van der Waals surface area contributed by atoms with Crippen molar-refractivity contribution in [1.82, 2.24) is 10.2 Å². The number of morpholine rings is 1. The van der Waals surface area contributed by atoms with Crippen LogP contribution >= 0.6 is 0 Å². The van der Waals surface area contributed by atoms with Gasteiger partial charge < -0.3 is 10.1 Å². The Morgan fingerprint density at radius 1 is 1.30 bits per heavy atom. The molecule has 1 saturated heterocycles. The predicted molar refractivity (Wildman–Crippen MR) is 84.2 cm³/mol. The Labute approximate surface area is 123 Å². The quantitative estimate of drug-likeness (QED) is 0.892. The minimum atomic E-state index is 0.275. The van der Waals surface area contributed by atoms with E-state index in [1.165, 1.54) is 11.1 Å². The largest absolute Gasteiger partial charge is 0.374 e. The smallest absolute Gasteiger partial charge is 0.0858 e. The van der Waals surface area contributed by atoms with Crippen LogP contribution in [-0.2, 0) is 11.2 Å². The van der Waals surface area contributed by atoms with E-state index in [9.17, 15) is 0 Å². The minimum Gasteiger partial charge on any atom is -0.374 e. The van der Waals surface area contributed by atoms with E-state index in [1.807, 2.05) is 7.05 Å². The molecule has 1 aromatic rings. The van der Waals surface area contributed by atoms with Crippen molar-refractivity contribution >= 4 is 0 Å². The molecule has 2 atom stereocenters. The van der Waals surface area contributed by atoms with Gasteiger partial charge in [-0.1, -0.05) is 29.8 Å². The Hall–Kier alpha value is -0.900. The molecule has 1 aliphatic rings. The molecule has 1 fully saturated rings. The fraction of sp³-hybridized carbons (Fsp3) is 0.647. The van der Waals surface area contributed by atoms with E-state index in [1.54, 1.807) is 0 Å². The summed E-state index contributed by atoms with van der Waals surface area (Å²) in [6.45, 7) is 9.57. The molecule has 1 aromatic carbocycles. The predicted octanol–water partition coefficient (Wildman–Crippen LogP) is 2.23. The van der Waals surface area contributed by atoms with E-state index < -0.39 is 0 Å². The number of hydrogen-bond acceptors (Lipinski definition) is 3. The van der Waals surface area contributed by atoms with Gasteiger partial charge in [0, 0.05) is 25.2 Å². The summed E-state index contributed by atoms with van der Waals surface area (Å²) < 4.78 is 6.00. The normalized spacial score (nSPS) is 22.1. The van der Waals surface area contributed by atoms with E-state index in [0.717, 1.165) is 26.1 Å². The monoisotopic (exact) mass is 276 g/mol. The Kier molecular flexibility index (Phi) is 5.58. The van der Waals surface area contributed by atoms with Crippen LogP contribution in [0.5, 0.6) is 0 Å². The molecular formula is C17H28N2O. The van der Waals surface area contributed by atoms with Gasteiger partial charge in [0.05, 0.1) is 12.7 Å². The molecular weight excluding hydrogens is 248 g/mol. The second kappa shape index (κ2) is 7.21. The molecule has 0 saturated carbocycles. The van der Waals surface area contributed by atoms with Gasteiger partial charge in [0.25, 0.3) is 0 Å². The van der Waals surface area contributed by atoms with Crippen LogP contribution in [0.1, 0.15) is 25.0 Å². The summed E-state index contributed by atoms with van der Waals surface area (Å²) in [5.41, 5.74) is 2.69. The van der Waals surface area contributed by atoms with Gasteiger partial charge in [-0.2, -0.15) is 0 Å². The van der Waals surface area contributed by atoms with Gasteiger partial charge >= 0.3 is 0 Å². The van der Waals surface area contributed by atoms with Crippen LogP contribution in [0.25, 0.3) is 0 Å². The van der Waals surface area contributed by atoms with Crippen molar-refractivity contribution < 1.29 is 4.74 Å². The Morgan fingerprint density at radius 2 is 2.00 bits per heavy atom. The highest BCUT2D eigenvalue weighted by molar-refractivity contribution is 5.22. The first-order valence-corrected chi connectivity index (χ1v) is 7.68. The van der Waals surface area contributed by atoms with Crippen molar-refractivity contribution in [3.05, 3.63) is 35.4 Å². The molecule has 0 spiro atoms. The lowest BCUT2D eigenvalue weighted by molar-refractivity contribution is -0.0541. The third kappa shape index (κ3) is 4.05. The van der Waals surface area contributed by atoms with Crippen molar-refractivity contribution in [2.75, 3.05) is 26.7 Å². The lowest BCUT2D eigenvalue weighted by atomic mass is 9.99. The molecule has 2 unspecified atom stereocenters. The van der Waals surface area contributed by atoms with Crippen LogP contribution in [0.15, 0.2) is 24.3 Å². The standard InChI is InChI=1S/C17H28N2O/c1-13(2)19-9-10-20-17(12-19)16(18-4)11-15-7-5-14(3)6-8-15/h5-8,13,16-18H,9-12H2,1-4H3. The zero-order valence-electron chi connectivity index (χ0n) is 13.2. The zero-order chi connectivity index (χ0) is 14.5. The summed E-state index contributed by atoms with van der Waals surface area (Å²) in [5.74, 6) is 0. The maximum Gasteiger partial charge on any atom is 0.0858 e. The summed E-state index contributed by atoms with van der Waals surface area (Å²) in [6.07, 6.45) is 1.30. The third-order valence-electron chi connectivity index (χ3n) is 4.25. The van der Waals surface area contributed by atoms with Crippen molar-refractivity contribution in [2.45, 2.75) is 45.4 Å². The number of hydrogen-bond donors (Lipinski definition) is 1. The molecule has 1 heterocycles. The molecule has 0 aliphatic carbocycles. The van der Waals surface area contributed by atoms with E-state index in [4.69, 9.17) is 4.74 Å². The number of benzene rings is 1. The lowest BCUT2D eigenvalue weighted by Gasteiger charge is -2.39. The number of likely N-dealkylation sites (N-methyl/N-ethyl adjacent to an activating group) is 1. The zero-order valence-corrected chi connectivity index (χ0v) is 13.2. The number of rotatable bonds is 5. The minimum absolute atomic E-state index is 0.275. The summed E-state index contributed by atoms with van der Waals surface area (Å²) in [7, 11) is 2.04. The SMILES string of the molecule is CNC(Cc1ccc(C)cc1)C1CN(C(C)C)CCO1. The number of nitrogens with one attached hydrogen (secondary N) is 1. The van der Waals surface area contributed by atoms with Gasteiger partial charge in [0.1, 0.15) is 0 Å². The molecule has 0 aromatic heterocycles. The van der Waals surface area contributed by atoms with Crippen LogP contribution in [0.3, 0.4) is 0 Å². The molecule has 0 bridgehead atoms. The molecule has 112 valence electrons. The Bertz CT molecular complexity index is 402. The second-order valence-corrected chi connectivity index (χ2v) is 6.08. The Morgan fingerprint density at radius 3 is 2.60 bits per heavy atom. The van der Waals surface area contributed by atoms with Gasteiger partial charge in [0.15, 0.2) is 0 Å². The maximum atomic E-state index is 6.00. The lowest BCUT2D eigenvalue weighted by Crippen LogP contribution is -2.53. The highest BCUT2D eigenvalue weighted by atomic mass is 16.5. The molecule has 1 aliphatic heterocycles. The number of ether oxygens (including phenoxy) is 1. The van der Waals surface area contributed by atoms with E-state index >= 15 is 0 Å². The molecule has 0 amide bonds. The number of aryl methyl sites for hydroxylation is 1. The first-order chi connectivity index (χ1) is 9.60. The third-order valence-corrected chi connectivity index (χ3v) is 4.25. The van der Waals surface area contributed by atoms with Gasteiger partial charge in [0.2, 0.25) is 0 Å². The van der Waals surface area contributed by atoms with Gasteiger partial charge in [-0.05, 0) is 39.8 Å². The fourth-order valence-corrected chi connectivity index (χ4v) is 2.81. The molecule has 3 nitrogen and oxygen atoms in total. The maximum absolute atomic E-state index is 6.00. The summed E-state index contributed by atoms with van der Waals surface area (Å²) in [5, 5.41) is 3.44. The topological polar surface area (TPSA) is 24.5 Å². The fourth-order valence-electron chi connectivity index (χ4n) is 2.81. The first-order valence-electron chi connectivity index (χ1n) is 7.68. The molecule has 1 N–H and O–H groups in total. The van der Waals surface area contributed by atoms with Crippen molar-refractivity contribution in [1.29, 1.82) is 0 Å². The summed E-state index contributed by atoms with van der Waals surface area (Å²) in [4.78, 5) is 2.51. The van der Waals surface area contributed by atoms with Crippen LogP contribution in [0.2, 0.25) is 0 Å². The van der Waals surface area contributed by atoms with Gasteiger partial charge in [-0.25, -0.2) is 0 Å². The second-order valence-electron chi connectivity index (χ2n) is 6.08. The van der Waals surface area contributed by atoms with Crippen LogP contribution in [0, 0.1) is 6.92 Å². The average Bonchev–Trinajstić information content (AvgIpc) is 2.46. The van der Waals surface area contributed by atoms with Gasteiger partial charge in [-0.15, -0.1) is 0 Å². The molecule has 3 heteroatoms. The molecule has 0 radical (unpaired) electrons. The van der Waals surface area contributed by atoms with Crippen molar-refractivity contribution in [3.8, 4) is 0 Å². The summed E-state index contributed by atoms with van der Waals surface area (Å²) in [6, 6.07) is 9.79. The van der Waals surface area contributed by atoms with Gasteiger partial charge in [-0.3, -0.25) is 4.90 Å². The van der Waals surface area contributed by atoms with Crippen LogP contribution < -0.4 is 5.32 Å². The van der Waals surface area contributed by atoms with E-state index in [-0.39, 0.29) is 6.10 Å². The average molecular weight is 276 g/mol. The number of nitrogens with zero attached hydrogens (tertiary/aromatic N) is 1.